The van der Waals surface area contributed by atoms with Crippen molar-refractivity contribution >= 4 is 11.6 Å². The van der Waals surface area contributed by atoms with Gasteiger partial charge in [-0.15, -0.1) is 0 Å². The van der Waals surface area contributed by atoms with Gasteiger partial charge in [0.2, 0.25) is 5.91 Å². The zero-order chi connectivity index (χ0) is 13.9. The zero-order valence-electron chi connectivity index (χ0n) is 11.1. The van der Waals surface area contributed by atoms with Crippen LogP contribution in [0.5, 0.6) is 0 Å². The molecule has 104 valence electrons. The lowest BCUT2D eigenvalue weighted by atomic mass is 9.83. The van der Waals surface area contributed by atoms with Crippen LogP contribution in [0.1, 0.15) is 30.1 Å². The first-order chi connectivity index (χ1) is 9.00. The second kappa shape index (κ2) is 5.57. The summed E-state index contributed by atoms with van der Waals surface area (Å²) in [6, 6.07) is 4.27. The number of primary amides is 1. The Morgan fingerprint density at radius 3 is 2.95 bits per heavy atom. The molecule has 1 aliphatic rings. The third-order valence-electron chi connectivity index (χ3n) is 3.64. The lowest BCUT2D eigenvalue weighted by molar-refractivity contribution is 0.1000. The van der Waals surface area contributed by atoms with Gasteiger partial charge in [0, 0.05) is 18.7 Å². The SMILES string of the molecule is CC1(CNc2ccc(C(N)=O)cc2F)CCCNC1. The van der Waals surface area contributed by atoms with E-state index in [9.17, 15) is 9.18 Å². The quantitative estimate of drug-likeness (QED) is 0.776. The molecule has 1 aromatic carbocycles. The van der Waals surface area contributed by atoms with Crippen molar-refractivity contribution in [1.29, 1.82) is 0 Å². The van der Waals surface area contributed by atoms with Crippen LogP contribution in [0.3, 0.4) is 0 Å². The number of anilines is 1. The molecule has 1 atom stereocenters. The molecule has 1 fully saturated rings. The highest BCUT2D eigenvalue weighted by Gasteiger charge is 2.26. The molecule has 0 aliphatic carbocycles. The average Bonchev–Trinajstić information content (AvgIpc) is 2.38. The van der Waals surface area contributed by atoms with Crippen molar-refractivity contribution < 1.29 is 9.18 Å². The Balaban J connectivity index is 2.01. The minimum Gasteiger partial charge on any atom is -0.382 e. The number of rotatable bonds is 4. The first-order valence-corrected chi connectivity index (χ1v) is 6.54. The van der Waals surface area contributed by atoms with Crippen LogP contribution in [-0.4, -0.2) is 25.5 Å². The number of piperidine rings is 1. The first kappa shape index (κ1) is 13.8. The van der Waals surface area contributed by atoms with Gasteiger partial charge in [0.25, 0.3) is 0 Å². The number of carbonyl (C=O) groups is 1. The second-order valence-electron chi connectivity index (χ2n) is 5.50. The molecule has 2 rings (SSSR count). The summed E-state index contributed by atoms with van der Waals surface area (Å²) in [4.78, 5) is 10.9. The van der Waals surface area contributed by atoms with E-state index in [-0.39, 0.29) is 11.0 Å². The maximum absolute atomic E-state index is 13.8. The highest BCUT2D eigenvalue weighted by Crippen LogP contribution is 2.26. The predicted octanol–water partition coefficient (Wildman–Crippen LogP) is 1.73. The van der Waals surface area contributed by atoms with Gasteiger partial charge in [-0.2, -0.15) is 0 Å². The number of nitrogens with one attached hydrogen (secondary N) is 2. The van der Waals surface area contributed by atoms with Crippen molar-refractivity contribution in [3.8, 4) is 0 Å². The van der Waals surface area contributed by atoms with Crippen LogP contribution in [0.4, 0.5) is 10.1 Å². The van der Waals surface area contributed by atoms with Crippen LogP contribution < -0.4 is 16.4 Å². The van der Waals surface area contributed by atoms with Gasteiger partial charge < -0.3 is 16.4 Å². The second-order valence-corrected chi connectivity index (χ2v) is 5.50. The van der Waals surface area contributed by atoms with E-state index in [4.69, 9.17) is 5.73 Å². The molecule has 4 N–H and O–H groups in total. The maximum Gasteiger partial charge on any atom is 0.248 e. The monoisotopic (exact) mass is 265 g/mol. The third kappa shape index (κ3) is 3.44. The van der Waals surface area contributed by atoms with E-state index < -0.39 is 11.7 Å². The minimum atomic E-state index is -0.617. The first-order valence-electron chi connectivity index (χ1n) is 6.54. The molecule has 1 aliphatic heterocycles. The molecule has 1 unspecified atom stereocenters. The van der Waals surface area contributed by atoms with E-state index in [1.807, 2.05) is 0 Å². The Hall–Kier alpha value is -1.62. The van der Waals surface area contributed by atoms with Gasteiger partial charge in [0.05, 0.1) is 5.69 Å². The van der Waals surface area contributed by atoms with Crippen LogP contribution in [0.2, 0.25) is 0 Å². The standard InChI is InChI=1S/C14H20FN3O/c1-14(5-2-6-17-8-14)9-18-12-4-3-10(13(16)19)7-11(12)15/h3-4,7,17-18H,2,5-6,8-9H2,1H3,(H2,16,19). The molecule has 1 amide bonds. The van der Waals surface area contributed by atoms with Crippen molar-refractivity contribution in [3.63, 3.8) is 0 Å². The van der Waals surface area contributed by atoms with E-state index in [0.717, 1.165) is 25.9 Å². The fourth-order valence-electron chi connectivity index (χ4n) is 2.39. The Labute approximate surface area is 112 Å². The highest BCUT2D eigenvalue weighted by atomic mass is 19.1. The molecule has 1 heterocycles. The summed E-state index contributed by atoms with van der Waals surface area (Å²) in [6.07, 6.45) is 2.26. The summed E-state index contributed by atoms with van der Waals surface area (Å²) in [7, 11) is 0. The molecule has 0 radical (unpaired) electrons. The lowest BCUT2D eigenvalue weighted by Gasteiger charge is -2.34. The number of hydrogen-bond donors (Lipinski definition) is 3. The average molecular weight is 265 g/mol. The van der Waals surface area contributed by atoms with Gasteiger partial charge in [-0.3, -0.25) is 4.79 Å². The van der Waals surface area contributed by atoms with Gasteiger partial charge >= 0.3 is 0 Å². The van der Waals surface area contributed by atoms with E-state index in [1.54, 1.807) is 6.07 Å². The van der Waals surface area contributed by atoms with E-state index >= 15 is 0 Å². The van der Waals surface area contributed by atoms with E-state index in [2.05, 4.69) is 17.6 Å². The number of benzene rings is 1. The van der Waals surface area contributed by atoms with Gasteiger partial charge in [-0.25, -0.2) is 4.39 Å². The summed E-state index contributed by atoms with van der Waals surface area (Å²) in [5.41, 5.74) is 5.84. The molecule has 0 bridgehead atoms. The van der Waals surface area contributed by atoms with Crippen molar-refractivity contribution in [3.05, 3.63) is 29.6 Å². The smallest absolute Gasteiger partial charge is 0.248 e. The maximum atomic E-state index is 13.8. The number of carbonyl (C=O) groups excluding carboxylic acids is 1. The van der Waals surface area contributed by atoms with Crippen molar-refractivity contribution in [2.24, 2.45) is 11.1 Å². The molecule has 0 aromatic heterocycles. The highest BCUT2D eigenvalue weighted by molar-refractivity contribution is 5.93. The molecule has 1 saturated heterocycles. The summed E-state index contributed by atoms with van der Waals surface area (Å²) >= 11 is 0. The van der Waals surface area contributed by atoms with E-state index in [0.29, 0.717) is 12.2 Å². The van der Waals surface area contributed by atoms with Gasteiger partial charge in [0.15, 0.2) is 0 Å². The number of amides is 1. The fourth-order valence-corrected chi connectivity index (χ4v) is 2.39. The van der Waals surface area contributed by atoms with Crippen LogP contribution in [0.25, 0.3) is 0 Å². The van der Waals surface area contributed by atoms with Crippen molar-refractivity contribution in [1.82, 2.24) is 5.32 Å². The Morgan fingerprint density at radius 2 is 2.37 bits per heavy atom. The largest absolute Gasteiger partial charge is 0.382 e. The topological polar surface area (TPSA) is 67.1 Å². The summed E-state index contributed by atoms with van der Waals surface area (Å²) in [5, 5.41) is 6.48. The fraction of sp³-hybridized carbons (Fsp3) is 0.500. The Kier molecular flexibility index (Phi) is 4.04. The van der Waals surface area contributed by atoms with Crippen LogP contribution in [0, 0.1) is 11.2 Å². The minimum absolute atomic E-state index is 0.132. The normalized spacial score (nSPS) is 23.1. The molecular weight excluding hydrogens is 245 g/mol. The van der Waals surface area contributed by atoms with Gasteiger partial charge in [0.1, 0.15) is 5.82 Å². The van der Waals surface area contributed by atoms with Gasteiger partial charge in [-0.1, -0.05) is 6.92 Å². The Bertz CT molecular complexity index is 470. The van der Waals surface area contributed by atoms with Crippen LogP contribution in [0.15, 0.2) is 18.2 Å². The van der Waals surface area contributed by atoms with Crippen LogP contribution in [-0.2, 0) is 0 Å². The van der Waals surface area contributed by atoms with Crippen molar-refractivity contribution in [2.75, 3.05) is 25.0 Å². The molecule has 19 heavy (non-hydrogen) atoms. The molecule has 4 nitrogen and oxygen atoms in total. The predicted molar refractivity (Wildman–Crippen MR) is 73.6 cm³/mol. The van der Waals surface area contributed by atoms with Gasteiger partial charge in [-0.05, 0) is 43.0 Å². The molecule has 1 aromatic rings. The third-order valence-corrected chi connectivity index (χ3v) is 3.64. The van der Waals surface area contributed by atoms with E-state index in [1.165, 1.54) is 12.1 Å². The molecule has 0 saturated carbocycles. The molecular formula is C14H20FN3O. The summed E-state index contributed by atoms with van der Waals surface area (Å²) < 4.78 is 13.8. The molecule has 0 spiro atoms. The number of nitrogens with two attached hydrogens (primary N) is 1. The van der Waals surface area contributed by atoms with Crippen molar-refractivity contribution in [2.45, 2.75) is 19.8 Å². The number of halogens is 1. The van der Waals surface area contributed by atoms with Crippen LogP contribution >= 0.6 is 0 Å². The lowest BCUT2D eigenvalue weighted by Crippen LogP contribution is -2.42. The molecule has 5 heteroatoms. The zero-order valence-corrected chi connectivity index (χ0v) is 11.1. The Morgan fingerprint density at radius 1 is 1.58 bits per heavy atom. The summed E-state index contributed by atoms with van der Waals surface area (Å²) in [5.74, 6) is -1.06. The number of hydrogen-bond acceptors (Lipinski definition) is 3. The summed E-state index contributed by atoms with van der Waals surface area (Å²) in [6.45, 7) is 4.87.